The number of fused-ring (bicyclic) bond motifs is 2. The summed E-state index contributed by atoms with van der Waals surface area (Å²) in [6.45, 7) is 28.4. The average molecular weight is 1390 g/mol. The van der Waals surface area contributed by atoms with Crippen LogP contribution in [0.5, 0.6) is 0 Å². The monoisotopic (exact) mass is 1390 g/mol. The first-order valence-electron chi connectivity index (χ1n) is 23.5. The molecule has 1 atom stereocenters. The number of benzene rings is 5. The fourth-order valence-corrected chi connectivity index (χ4v) is 7.76. The summed E-state index contributed by atoms with van der Waals surface area (Å²) in [7, 11) is 0. The number of nitrogens with two attached hydrogens (primary N) is 3. The minimum Gasteiger partial charge on any atom is -0.672 e. The fraction of sp³-hybridized carbons (Fsp3) is 0.368. The van der Waals surface area contributed by atoms with Crippen molar-refractivity contribution in [1.29, 1.82) is 0 Å². The predicted octanol–water partition coefficient (Wildman–Crippen LogP) is 13.7. The Morgan fingerprint density at radius 3 is 1.51 bits per heavy atom. The molecule has 2 heterocycles. The van der Waals surface area contributed by atoms with Crippen LogP contribution in [-0.2, 0) is 17.6 Å². The first-order chi connectivity index (χ1) is 32.2. The number of H-pyrrole nitrogens is 2. The van der Waals surface area contributed by atoms with Gasteiger partial charge in [-0.25, -0.2) is 0 Å². The summed E-state index contributed by atoms with van der Waals surface area (Å²) in [6.07, 6.45) is 8.52. The van der Waals surface area contributed by atoms with Gasteiger partial charge in [-0.05, 0) is 151 Å². The molecule has 0 aliphatic carbocycles. The Balaban J connectivity index is 0.000000450. The summed E-state index contributed by atoms with van der Waals surface area (Å²) in [5, 5.41) is 15.3. The number of aryl methyl sites for hydroxylation is 10. The SMILES string of the molecule is Cc1cc(C)c2[nH]cc(CC(C)(C)[NH-])c2c1.Cc1cc(C)c2[nH]cc(CC(N)C(=O)O)c2c1.Cc1ccc(N)c(C)c1.Cc1ccc(N/N=C/CCC(C)(C)[NH-])c(C)c1.Cc1ccc(NN)c(C)c1.[Ac].[Ac]. The number of aromatic nitrogens is 2. The zero-order chi connectivity index (χ0) is 51.8. The van der Waals surface area contributed by atoms with Gasteiger partial charge in [-0.1, -0.05) is 110 Å². The molecule has 7 aromatic rings. The molecular weight excluding hydrogens is 1310 g/mol. The van der Waals surface area contributed by atoms with E-state index in [1.165, 1.54) is 61.0 Å². The van der Waals surface area contributed by atoms with Crippen molar-refractivity contribution in [3.05, 3.63) is 169 Å². The predicted molar refractivity (Wildman–Crippen MR) is 297 cm³/mol. The maximum Gasteiger partial charge on any atom is 0.320 e. The third-order valence-corrected chi connectivity index (χ3v) is 11.3. The second-order valence-electron chi connectivity index (χ2n) is 19.8. The van der Waals surface area contributed by atoms with Gasteiger partial charge in [0.05, 0.1) is 11.4 Å². The van der Waals surface area contributed by atoms with Crippen LogP contribution in [0.3, 0.4) is 0 Å². The molecule has 71 heavy (non-hydrogen) atoms. The third kappa shape index (κ3) is 23.0. The van der Waals surface area contributed by atoms with Crippen LogP contribution in [0.25, 0.3) is 33.3 Å². The van der Waals surface area contributed by atoms with Crippen molar-refractivity contribution in [2.24, 2.45) is 16.7 Å². The number of hydrazone groups is 1. The van der Waals surface area contributed by atoms with Crippen molar-refractivity contribution in [3.8, 4) is 0 Å². The second-order valence-corrected chi connectivity index (χ2v) is 19.8. The van der Waals surface area contributed by atoms with E-state index in [9.17, 15) is 4.79 Å². The molecule has 5 aromatic carbocycles. The first-order valence-corrected chi connectivity index (χ1v) is 23.5. The number of hydrogen-bond acceptors (Lipinski definition) is 7. The zero-order valence-corrected chi connectivity index (χ0v) is 54.3. The van der Waals surface area contributed by atoms with Gasteiger partial charge in [-0.3, -0.25) is 16.1 Å². The standard InChI is InChI=1S/C14H22N3.C14H19N2.C13H16N2O2.C8H12N2.C8H11N.2Ac/c1-11-6-7-13(12(2)10-11)17-16-9-5-8-14(3,4)15;1-9-5-10(2)13-12(6-9)11(8-16-13)7-14(3,4)15;1-7-3-8(2)12-10(4-7)9(6-15-12)5-11(14)13(16)17;1-6-3-4-8(10-9)7(2)5-6;1-6-3-4-8(9)7(2)5-6;;/h6-7,9-10,15,17H,5,8H2,1-4H3;5-6,8,15-16H,7H2,1-4H3;3-4,6,11,15H,5,14H2,1-2H3,(H,16,17);3-5,10H,9H2,1-2H3;3-5H,9H2,1-2H3;;/q2*-1;;;;;/b16-9+;;;;;;. The summed E-state index contributed by atoms with van der Waals surface area (Å²) in [4.78, 5) is 17.3. The number of carboxylic acid groups (broad SMARTS) is 1. The molecule has 0 amide bonds. The Kier molecular flexibility index (Phi) is 28.2. The molecule has 2 aromatic heterocycles. The van der Waals surface area contributed by atoms with Gasteiger partial charge in [-0.2, -0.15) is 5.10 Å². The Bertz CT molecular complexity index is 2800. The minimum atomic E-state index is -0.969. The van der Waals surface area contributed by atoms with Gasteiger partial charge >= 0.3 is 5.97 Å². The van der Waals surface area contributed by atoms with E-state index in [1.807, 2.05) is 104 Å². The molecule has 0 aliphatic rings. The molecule has 0 bridgehead atoms. The van der Waals surface area contributed by atoms with Crippen molar-refractivity contribution in [3.63, 3.8) is 0 Å². The number of nitrogens with one attached hydrogen (secondary N) is 6. The van der Waals surface area contributed by atoms with E-state index < -0.39 is 17.6 Å². The topological polar surface area (TPSA) is 231 Å². The maximum atomic E-state index is 10.8. The number of aliphatic carboxylic acids is 1. The third-order valence-electron chi connectivity index (χ3n) is 11.3. The van der Waals surface area contributed by atoms with E-state index in [4.69, 9.17) is 33.9 Å². The van der Waals surface area contributed by atoms with Crippen LogP contribution in [0.4, 0.5) is 17.1 Å². The first kappa shape index (κ1) is 65.5. The van der Waals surface area contributed by atoms with Crippen molar-refractivity contribution in [2.45, 2.75) is 140 Å². The summed E-state index contributed by atoms with van der Waals surface area (Å²) in [6, 6.07) is 26.1. The van der Waals surface area contributed by atoms with Crippen molar-refractivity contribution in [1.82, 2.24) is 9.97 Å². The van der Waals surface area contributed by atoms with Gasteiger partial charge in [0, 0.05) is 141 Å². The second kappa shape index (κ2) is 30.6. The molecule has 2 radical (unpaired) electrons. The van der Waals surface area contributed by atoms with E-state index in [0.717, 1.165) is 63.9 Å². The molecular formula is C57H80Ac2N10O2-2. The maximum absolute atomic E-state index is 10.8. The average Bonchev–Trinajstić information content (AvgIpc) is 3.83. The Morgan fingerprint density at radius 1 is 0.648 bits per heavy atom. The number of rotatable bonds is 11. The number of nitrogen functional groups attached to an aromatic ring is 2. The van der Waals surface area contributed by atoms with Crippen LogP contribution >= 0.6 is 0 Å². The minimum absolute atomic E-state index is 0. The largest absolute Gasteiger partial charge is 0.672 e. The molecule has 0 spiro atoms. The molecule has 7 rings (SSSR count). The molecule has 12 nitrogen and oxygen atoms in total. The quantitative estimate of drug-likeness (QED) is 0.0270. The van der Waals surface area contributed by atoms with E-state index in [2.05, 4.69) is 116 Å². The number of carbonyl (C=O) groups is 1. The number of carboxylic acids is 1. The molecule has 0 fully saturated rings. The normalized spacial score (nSPS) is 11.3. The fourth-order valence-electron chi connectivity index (χ4n) is 7.76. The number of aromatic amines is 2. The van der Waals surface area contributed by atoms with E-state index in [1.54, 1.807) is 0 Å². The zero-order valence-electron chi connectivity index (χ0n) is 44.8. The van der Waals surface area contributed by atoms with Crippen molar-refractivity contribution < 1.29 is 98.0 Å². The van der Waals surface area contributed by atoms with Gasteiger partial charge in [0.15, 0.2) is 0 Å². The molecule has 0 saturated carbocycles. The Hall–Kier alpha value is -3.56. The molecule has 1 unspecified atom stereocenters. The molecule has 13 N–H and O–H groups in total. The van der Waals surface area contributed by atoms with Crippen LogP contribution < -0.4 is 28.2 Å². The van der Waals surface area contributed by atoms with E-state index in [0.29, 0.717) is 6.42 Å². The molecule has 0 aliphatic heterocycles. The van der Waals surface area contributed by atoms with Gasteiger partial charge in [0.1, 0.15) is 6.04 Å². The number of hydrogen-bond donors (Lipinski definition) is 8. The van der Waals surface area contributed by atoms with Gasteiger partial charge in [-0.15, -0.1) is 11.1 Å². The van der Waals surface area contributed by atoms with E-state index >= 15 is 0 Å². The molecule has 0 saturated heterocycles. The van der Waals surface area contributed by atoms with Crippen LogP contribution in [0.1, 0.15) is 107 Å². The van der Waals surface area contributed by atoms with Gasteiger partial charge < -0.3 is 43.4 Å². The number of nitrogens with zero attached hydrogens (tertiary/aromatic N) is 1. The summed E-state index contributed by atoms with van der Waals surface area (Å²) >= 11 is 0. The van der Waals surface area contributed by atoms with Crippen molar-refractivity contribution in [2.75, 3.05) is 16.6 Å². The van der Waals surface area contributed by atoms with Crippen LogP contribution in [0.15, 0.2) is 96.4 Å². The van der Waals surface area contributed by atoms with E-state index in [-0.39, 0.29) is 93.7 Å². The Morgan fingerprint density at radius 2 is 1.08 bits per heavy atom. The van der Waals surface area contributed by atoms with Crippen LogP contribution in [0.2, 0.25) is 0 Å². The smallest absolute Gasteiger partial charge is 0.320 e. The molecule has 378 valence electrons. The van der Waals surface area contributed by atoms with Gasteiger partial charge in [0.25, 0.3) is 0 Å². The van der Waals surface area contributed by atoms with Gasteiger partial charge in [0.2, 0.25) is 0 Å². The molecule has 14 heteroatoms. The number of anilines is 3. The number of hydrazine groups is 1. The Labute approximate surface area is 496 Å². The summed E-state index contributed by atoms with van der Waals surface area (Å²) < 4.78 is 0. The summed E-state index contributed by atoms with van der Waals surface area (Å²) in [5.41, 5.74) is 51.3. The van der Waals surface area contributed by atoms with Crippen molar-refractivity contribution >= 4 is 51.1 Å². The summed E-state index contributed by atoms with van der Waals surface area (Å²) in [5.74, 6) is 4.28. The van der Waals surface area contributed by atoms with Crippen LogP contribution in [0, 0.1) is 157 Å². The van der Waals surface area contributed by atoms with Crippen LogP contribution in [-0.4, -0.2) is 44.4 Å².